The van der Waals surface area contributed by atoms with Gasteiger partial charge in [-0.25, -0.2) is 0 Å². The van der Waals surface area contributed by atoms with Gasteiger partial charge in [0.2, 0.25) is 0 Å². The van der Waals surface area contributed by atoms with E-state index in [1.165, 1.54) is 27.8 Å². The number of rotatable bonds is 5. The first kappa shape index (κ1) is 29.1. The SMILES string of the molecule is CC1C=CC(C2(c3ccc(-c4cccc(C5=C=C(c6ccccc6)c6ccccc6N5)c4)cc3)c3ccccc3Oc3ccccc32)=CC1. The highest BCUT2D eigenvalue weighted by Crippen LogP contribution is 2.56. The van der Waals surface area contributed by atoms with Crippen molar-refractivity contribution >= 4 is 17.0 Å². The van der Waals surface area contributed by atoms with Crippen LogP contribution in [0.25, 0.3) is 22.4 Å². The van der Waals surface area contributed by atoms with E-state index in [1.54, 1.807) is 0 Å². The zero-order valence-corrected chi connectivity index (χ0v) is 27.4. The minimum Gasteiger partial charge on any atom is -0.457 e. The Balaban J connectivity index is 1.16. The van der Waals surface area contributed by atoms with Crippen LogP contribution in [-0.4, -0.2) is 0 Å². The smallest absolute Gasteiger partial charge is 0.132 e. The fourth-order valence-electron chi connectivity index (χ4n) is 7.70. The summed E-state index contributed by atoms with van der Waals surface area (Å²) in [6.45, 7) is 2.28. The van der Waals surface area contributed by atoms with Crippen molar-refractivity contribution in [2.75, 3.05) is 5.32 Å². The topological polar surface area (TPSA) is 21.3 Å². The van der Waals surface area contributed by atoms with Crippen LogP contribution in [0.1, 0.15) is 46.7 Å². The number of allylic oxidation sites excluding steroid dienone is 4. The number of nitrogens with one attached hydrogen (secondary N) is 1. The Morgan fingerprint density at radius 1 is 0.633 bits per heavy atom. The molecule has 1 unspecified atom stereocenters. The van der Waals surface area contributed by atoms with Gasteiger partial charge in [0.05, 0.1) is 11.1 Å². The lowest BCUT2D eigenvalue weighted by Gasteiger charge is -2.43. The second kappa shape index (κ2) is 11.9. The first-order valence-corrected chi connectivity index (χ1v) is 17.1. The second-order valence-electron chi connectivity index (χ2n) is 13.1. The van der Waals surface area contributed by atoms with E-state index in [1.807, 2.05) is 0 Å². The third kappa shape index (κ3) is 4.89. The summed E-state index contributed by atoms with van der Waals surface area (Å²) in [5.74, 6) is 2.33. The summed E-state index contributed by atoms with van der Waals surface area (Å²) in [6.07, 6.45) is 8.13. The number of ether oxygens (including phenoxy) is 1. The molecule has 1 atom stereocenters. The Kier molecular flexibility index (Phi) is 7.04. The minimum absolute atomic E-state index is 0.495. The van der Waals surface area contributed by atoms with Gasteiger partial charge in [0, 0.05) is 33.5 Å². The van der Waals surface area contributed by atoms with Crippen LogP contribution in [0.4, 0.5) is 5.69 Å². The molecule has 0 fully saturated rings. The highest BCUT2D eigenvalue weighted by molar-refractivity contribution is 5.96. The van der Waals surface area contributed by atoms with Crippen LogP contribution >= 0.6 is 0 Å². The average molecular weight is 630 g/mol. The summed E-state index contributed by atoms with van der Waals surface area (Å²) >= 11 is 0. The minimum atomic E-state index is -0.495. The molecule has 0 saturated carbocycles. The number of para-hydroxylation sites is 3. The third-order valence-corrected chi connectivity index (χ3v) is 10.1. The third-order valence-electron chi connectivity index (χ3n) is 10.1. The van der Waals surface area contributed by atoms with Crippen molar-refractivity contribution in [1.82, 2.24) is 0 Å². The molecule has 1 aliphatic carbocycles. The molecular weight excluding hydrogens is 595 g/mol. The van der Waals surface area contributed by atoms with Gasteiger partial charge in [-0.1, -0.05) is 158 Å². The van der Waals surface area contributed by atoms with Gasteiger partial charge < -0.3 is 10.1 Å². The molecule has 2 heteroatoms. The van der Waals surface area contributed by atoms with Gasteiger partial charge in [-0.2, -0.15) is 0 Å². The van der Waals surface area contributed by atoms with Crippen molar-refractivity contribution in [2.24, 2.45) is 5.92 Å². The largest absolute Gasteiger partial charge is 0.457 e. The van der Waals surface area contributed by atoms with E-state index >= 15 is 0 Å². The number of anilines is 1. The molecule has 0 amide bonds. The predicted octanol–water partition coefficient (Wildman–Crippen LogP) is 11.8. The van der Waals surface area contributed by atoms with E-state index in [9.17, 15) is 0 Å². The van der Waals surface area contributed by atoms with Crippen LogP contribution < -0.4 is 10.1 Å². The molecule has 0 bridgehead atoms. The Hall–Kier alpha value is -6.08. The summed E-state index contributed by atoms with van der Waals surface area (Å²) in [5.41, 5.74) is 17.0. The van der Waals surface area contributed by atoms with E-state index in [0.29, 0.717) is 5.92 Å². The molecule has 2 heterocycles. The number of hydrogen-bond donors (Lipinski definition) is 1. The predicted molar refractivity (Wildman–Crippen MR) is 202 cm³/mol. The van der Waals surface area contributed by atoms with E-state index in [2.05, 4.69) is 188 Å². The normalized spacial score (nSPS) is 16.8. The molecule has 0 aromatic heterocycles. The van der Waals surface area contributed by atoms with Crippen LogP contribution in [-0.2, 0) is 5.41 Å². The highest BCUT2D eigenvalue weighted by Gasteiger charge is 2.46. The fourth-order valence-corrected chi connectivity index (χ4v) is 7.70. The van der Waals surface area contributed by atoms with Gasteiger partial charge in [-0.3, -0.25) is 0 Å². The van der Waals surface area contributed by atoms with Crippen molar-refractivity contribution in [3.63, 3.8) is 0 Å². The van der Waals surface area contributed by atoms with Gasteiger partial charge in [-0.05, 0) is 64.4 Å². The highest BCUT2D eigenvalue weighted by atomic mass is 16.5. The summed E-state index contributed by atoms with van der Waals surface area (Å²) < 4.78 is 6.52. The van der Waals surface area contributed by atoms with Crippen LogP contribution in [0.15, 0.2) is 181 Å². The maximum absolute atomic E-state index is 6.52. The molecule has 3 aliphatic rings. The quantitative estimate of drug-likeness (QED) is 0.192. The first-order chi connectivity index (χ1) is 24.2. The lowest BCUT2D eigenvalue weighted by atomic mass is 9.62. The molecule has 49 heavy (non-hydrogen) atoms. The molecule has 0 spiro atoms. The van der Waals surface area contributed by atoms with E-state index in [0.717, 1.165) is 57.1 Å². The average Bonchev–Trinajstić information content (AvgIpc) is 3.17. The van der Waals surface area contributed by atoms with E-state index in [4.69, 9.17) is 4.74 Å². The molecule has 0 saturated heterocycles. The van der Waals surface area contributed by atoms with Gasteiger partial charge in [0.25, 0.3) is 0 Å². The lowest BCUT2D eigenvalue weighted by Crippen LogP contribution is -2.35. The van der Waals surface area contributed by atoms with E-state index < -0.39 is 5.41 Å². The zero-order valence-electron chi connectivity index (χ0n) is 27.4. The summed E-state index contributed by atoms with van der Waals surface area (Å²) in [4.78, 5) is 0. The van der Waals surface area contributed by atoms with Gasteiger partial charge in [-0.15, -0.1) is 0 Å². The Morgan fingerprint density at radius 2 is 1.29 bits per heavy atom. The molecular formula is C47H35NO. The zero-order chi connectivity index (χ0) is 32.8. The van der Waals surface area contributed by atoms with Crippen LogP contribution in [0.5, 0.6) is 11.5 Å². The van der Waals surface area contributed by atoms with Crippen LogP contribution in [0, 0.1) is 5.92 Å². The van der Waals surface area contributed by atoms with Crippen molar-refractivity contribution in [3.8, 4) is 22.6 Å². The van der Waals surface area contributed by atoms with Crippen LogP contribution in [0.2, 0.25) is 0 Å². The number of hydrogen-bond acceptors (Lipinski definition) is 2. The standard InChI is InChI=1S/C47H35NO/c1-32-22-26-37(27-23-32)47(41-17-6-9-20-45(41)49-46-21-10-7-18-42(46)47)38-28-24-33(25-29-38)35-14-11-15-36(30-35)44-31-40(34-12-3-2-4-13-34)39-16-5-8-19-43(39)48-44/h2-22,24-30,32,48H,23H2,1H3. The summed E-state index contributed by atoms with van der Waals surface area (Å²) in [6, 6.07) is 54.0. The molecule has 2 nitrogen and oxygen atoms in total. The summed E-state index contributed by atoms with van der Waals surface area (Å²) in [7, 11) is 0. The van der Waals surface area contributed by atoms with Crippen LogP contribution in [0.3, 0.4) is 0 Å². The Morgan fingerprint density at radius 3 is 2.02 bits per heavy atom. The molecule has 1 N–H and O–H groups in total. The van der Waals surface area contributed by atoms with Crippen molar-refractivity contribution in [3.05, 3.63) is 215 Å². The summed E-state index contributed by atoms with van der Waals surface area (Å²) in [5, 5.41) is 3.67. The Bertz CT molecular complexity index is 2310. The lowest BCUT2D eigenvalue weighted by molar-refractivity contribution is 0.433. The molecule has 6 aromatic rings. The first-order valence-electron chi connectivity index (χ1n) is 17.1. The molecule has 234 valence electrons. The molecule has 2 aliphatic heterocycles. The number of fused-ring (bicyclic) bond motifs is 3. The van der Waals surface area contributed by atoms with Crippen molar-refractivity contribution < 1.29 is 4.74 Å². The van der Waals surface area contributed by atoms with E-state index in [-0.39, 0.29) is 0 Å². The molecule has 0 radical (unpaired) electrons. The molecule has 9 rings (SSSR count). The van der Waals surface area contributed by atoms with Gasteiger partial charge in [0.15, 0.2) is 0 Å². The monoisotopic (exact) mass is 629 g/mol. The fraction of sp³-hybridized carbons (Fsp3) is 0.0851. The Labute approximate surface area is 288 Å². The number of benzene rings is 6. The maximum Gasteiger partial charge on any atom is 0.132 e. The van der Waals surface area contributed by atoms with Crippen molar-refractivity contribution in [2.45, 2.75) is 18.8 Å². The van der Waals surface area contributed by atoms with Crippen molar-refractivity contribution in [1.29, 1.82) is 0 Å². The molecule has 6 aromatic carbocycles. The second-order valence-corrected chi connectivity index (χ2v) is 13.1. The van der Waals surface area contributed by atoms with Gasteiger partial charge in [0.1, 0.15) is 11.5 Å². The maximum atomic E-state index is 6.52. The van der Waals surface area contributed by atoms with Gasteiger partial charge >= 0.3 is 0 Å².